The number of quaternary nitrogens is 1. The molecule has 2 aliphatic heterocycles. The molecule has 2 aromatic carbocycles. The van der Waals surface area contributed by atoms with Gasteiger partial charge in [0.25, 0.3) is 20.5 Å². The Morgan fingerprint density at radius 3 is 2.45 bits per heavy atom. The normalized spacial score (nSPS) is 23.5. The number of halogens is 2. The van der Waals surface area contributed by atoms with E-state index < -0.39 is 31.4 Å². The lowest BCUT2D eigenvalue weighted by atomic mass is 10.3. The summed E-state index contributed by atoms with van der Waals surface area (Å²) in [4.78, 5) is 0.924. The lowest BCUT2D eigenvalue weighted by Crippen LogP contribution is -2.39. The first kappa shape index (κ1) is 24.4. The van der Waals surface area contributed by atoms with Gasteiger partial charge in [-0.1, -0.05) is 11.3 Å². The summed E-state index contributed by atoms with van der Waals surface area (Å²) in [6, 6.07) is 11.7. The molecule has 2 atom stereocenters. The molecule has 0 radical (unpaired) electrons. The highest BCUT2D eigenvalue weighted by atomic mass is 127. The van der Waals surface area contributed by atoms with E-state index in [2.05, 4.69) is 45.2 Å². The summed E-state index contributed by atoms with van der Waals surface area (Å²) >= 11 is 7.28. The molecule has 33 heavy (non-hydrogen) atoms. The Labute approximate surface area is 226 Å². The number of benzene rings is 2. The van der Waals surface area contributed by atoms with Crippen LogP contribution in [0.2, 0.25) is 0 Å². The number of hydrogen-bond donors (Lipinski definition) is 2. The van der Waals surface area contributed by atoms with Crippen molar-refractivity contribution in [1.29, 1.82) is 0 Å². The Bertz CT molecular complexity index is 1570. The fourth-order valence-corrected chi connectivity index (χ4v) is 9.11. The predicted octanol–water partition coefficient (Wildman–Crippen LogP) is 3.92. The van der Waals surface area contributed by atoms with Gasteiger partial charge in [-0.05, 0) is 81.2 Å². The molecule has 1 saturated heterocycles. The highest BCUT2D eigenvalue weighted by molar-refractivity contribution is 14.1. The van der Waals surface area contributed by atoms with Gasteiger partial charge in [-0.2, -0.15) is 21.4 Å². The molecule has 0 aliphatic carbocycles. The van der Waals surface area contributed by atoms with Gasteiger partial charge in [0.15, 0.2) is 23.8 Å². The van der Waals surface area contributed by atoms with Crippen LogP contribution >= 0.6 is 68.3 Å². The molecule has 1 fully saturated rings. The van der Waals surface area contributed by atoms with Gasteiger partial charge >= 0.3 is 10.1 Å². The molecule has 0 saturated carbocycles. The third kappa shape index (κ3) is 4.50. The molecule has 14 heteroatoms. The first-order valence-corrected chi connectivity index (χ1v) is 16.4. The van der Waals surface area contributed by atoms with Gasteiger partial charge in [0.2, 0.25) is 5.52 Å². The number of nitrogens with zero attached hydrogens (tertiary/aromatic N) is 2. The van der Waals surface area contributed by atoms with Crippen LogP contribution in [0.1, 0.15) is 5.01 Å². The molecule has 1 aromatic heterocycles. The molecule has 2 aliphatic rings. The minimum absolute atomic E-state index is 0.0275. The number of thiazole rings is 1. The maximum Gasteiger partial charge on any atom is 0.326 e. The van der Waals surface area contributed by atoms with Crippen molar-refractivity contribution in [2.45, 2.75) is 16.8 Å². The average molecular weight is 750 g/mol. The lowest BCUT2D eigenvalue weighted by molar-refractivity contribution is -0.664. The van der Waals surface area contributed by atoms with Crippen molar-refractivity contribution in [3.05, 3.63) is 53.6 Å². The molecule has 2 N–H and O–H groups in total. The quantitative estimate of drug-likeness (QED) is 0.134. The van der Waals surface area contributed by atoms with Crippen molar-refractivity contribution < 1.29 is 30.5 Å². The molecule has 5 rings (SSSR count). The zero-order valence-electron chi connectivity index (χ0n) is 16.6. The van der Waals surface area contributed by atoms with Crippen molar-refractivity contribution in [1.82, 2.24) is 4.48 Å². The molecule has 2 unspecified atom stereocenters. The molecule has 0 amide bonds. The standard InChI is InChI=1S/C19H14I2N2O6S4/c20-11-1-3-15-13(7-11)22(5-6-32(24,25)26)17(30-15)9-18-23(10-19(23)33(27,28)29)14-8-12(21)2-4-16(14)31-18/h1-4,7-9,19H,5-6,10H2/p+2. The maximum atomic E-state index is 12.1. The molecule has 8 nitrogen and oxygen atoms in total. The number of fused-ring (bicyclic) bond motifs is 3. The monoisotopic (exact) mass is 750 g/mol. The van der Waals surface area contributed by atoms with Crippen molar-refractivity contribution in [3.63, 3.8) is 0 Å². The van der Waals surface area contributed by atoms with Gasteiger partial charge < -0.3 is 0 Å². The van der Waals surface area contributed by atoms with E-state index in [1.54, 1.807) is 0 Å². The fourth-order valence-electron chi connectivity index (χ4n) is 4.08. The number of thioether (sulfide) groups is 1. The zero-order valence-corrected chi connectivity index (χ0v) is 24.1. The van der Waals surface area contributed by atoms with Gasteiger partial charge in [0, 0.05) is 19.3 Å². The first-order chi connectivity index (χ1) is 15.4. The Morgan fingerprint density at radius 2 is 1.79 bits per heavy atom. The summed E-state index contributed by atoms with van der Waals surface area (Å²) < 4.78 is 71.1. The lowest BCUT2D eigenvalue weighted by Gasteiger charge is -2.13. The number of aromatic nitrogens is 1. The second-order valence-corrected chi connectivity index (χ2v) is 15.5. The van der Waals surface area contributed by atoms with Crippen LogP contribution in [-0.4, -0.2) is 43.6 Å². The van der Waals surface area contributed by atoms with E-state index in [0.717, 1.165) is 38.0 Å². The van der Waals surface area contributed by atoms with E-state index in [4.69, 9.17) is 0 Å². The third-order valence-electron chi connectivity index (χ3n) is 5.62. The molecule has 174 valence electrons. The van der Waals surface area contributed by atoms with Crippen molar-refractivity contribution in [3.8, 4) is 0 Å². The number of aryl methyl sites for hydroxylation is 1. The summed E-state index contributed by atoms with van der Waals surface area (Å²) in [5, 5.41) is 0.507. The van der Waals surface area contributed by atoms with E-state index >= 15 is 0 Å². The number of rotatable bonds is 5. The topological polar surface area (TPSA) is 113 Å². The molecule has 3 heterocycles. The van der Waals surface area contributed by atoms with Gasteiger partial charge in [-0.15, -0.1) is 0 Å². The van der Waals surface area contributed by atoms with E-state index in [1.165, 1.54) is 23.1 Å². The second kappa shape index (κ2) is 8.36. The van der Waals surface area contributed by atoms with Gasteiger partial charge in [0.1, 0.15) is 10.5 Å². The van der Waals surface area contributed by atoms with E-state index in [1.807, 2.05) is 47.0 Å². The van der Waals surface area contributed by atoms with Crippen LogP contribution in [0.3, 0.4) is 0 Å². The summed E-state index contributed by atoms with van der Waals surface area (Å²) in [5.41, 5.74) is 1.67. The zero-order chi connectivity index (χ0) is 23.8. The highest BCUT2D eigenvalue weighted by Crippen LogP contribution is 2.60. The van der Waals surface area contributed by atoms with Crippen LogP contribution in [0.5, 0.6) is 0 Å². The minimum Gasteiger partial charge on any atom is -0.285 e. The van der Waals surface area contributed by atoms with Crippen LogP contribution in [-0.2, 0) is 26.8 Å². The first-order valence-electron chi connectivity index (χ1n) is 9.50. The van der Waals surface area contributed by atoms with Gasteiger partial charge in [0.05, 0.1) is 11.0 Å². The van der Waals surface area contributed by atoms with Crippen molar-refractivity contribution in [2.24, 2.45) is 0 Å². The third-order valence-corrected chi connectivity index (χ3v) is 11.2. The van der Waals surface area contributed by atoms with Crippen LogP contribution < -0.4 is 9.05 Å². The average Bonchev–Trinajstić information content (AvgIpc) is 3.30. The van der Waals surface area contributed by atoms with Crippen LogP contribution in [0.4, 0.5) is 5.69 Å². The highest BCUT2D eigenvalue weighted by Gasteiger charge is 2.70. The van der Waals surface area contributed by atoms with E-state index in [9.17, 15) is 25.9 Å². The summed E-state index contributed by atoms with van der Waals surface area (Å²) in [6.07, 6.45) is 1.88. The molecule has 1 spiro atoms. The molecule has 0 bridgehead atoms. The number of hydrogen-bond acceptors (Lipinski definition) is 6. The van der Waals surface area contributed by atoms with Crippen molar-refractivity contribution in [2.75, 3.05) is 12.3 Å². The summed E-state index contributed by atoms with van der Waals surface area (Å²) in [6.45, 7) is 0.286. The Kier molecular flexibility index (Phi) is 6.17. The summed E-state index contributed by atoms with van der Waals surface area (Å²) in [5.74, 6) is -0.440. The summed E-state index contributed by atoms with van der Waals surface area (Å²) in [7, 11) is -8.44. The van der Waals surface area contributed by atoms with Gasteiger partial charge in [-0.25, -0.2) is 4.48 Å². The maximum absolute atomic E-state index is 12.1. The largest absolute Gasteiger partial charge is 0.326 e. The van der Waals surface area contributed by atoms with Gasteiger partial charge in [-0.3, -0.25) is 9.11 Å². The van der Waals surface area contributed by atoms with Crippen LogP contribution in [0, 0.1) is 7.14 Å². The Morgan fingerprint density at radius 1 is 1.09 bits per heavy atom. The SMILES string of the molecule is O=S(=O)(O)CC[n+]1c(C=C2Sc3ccc(I)cc3[N+]23CC3S(=O)(=O)O)sc2ccc(I)cc21. The predicted molar refractivity (Wildman–Crippen MR) is 146 cm³/mol. The van der Waals surface area contributed by atoms with E-state index in [0.29, 0.717) is 0 Å². The molecular weight excluding hydrogens is 734 g/mol. The minimum atomic E-state index is -4.27. The fraction of sp³-hybridized carbons (Fsp3) is 0.211. The second-order valence-electron chi connectivity index (χ2n) is 7.71. The molecule has 3 aromatic rings. The van der Waals surface area contributed by atoms with Crippen LogP contribution in [0.15, 0.2) is 46.3 Å². The Hall–Kier alpha value is -0.340. The molecular formula is C19H16I2N2O6S4+2. The van der Waals surface area contributed by atoms with E-state index in [-0.39, 0.29) is 17.6 Å². The van der Waals surface area contributed by atoms with Crippen molar-refractivity contribution >= 4 is 110 Å². The van der Waals surface area contributed by atoms with Crippen LogP contribution in [0.25, 0.3) is 16.3 Å². The smallest absolute Gasteiger partial charge is 0.285 e. The Balaban J connectivity index is 1.68.